The molecule has 4 nitrogen and oxygen atoms in total. The number of carbonyl (C=O) groups excluding carboxylic acids is 1. The van der Waals surface area contributed by atoms with Gasteiger partial charge in [0.15, 0.2) is 5.78 Å². The number of hydrogen-bond acceptors (Lipinski definition) is 3. The first-order chi connectivity index (χ1) is 6.18. The molecule has 0 aliphatic rings. The molecule has 2 rings (SSSR count). The molecule has 2 aromatic heterocycles. The molecule has 13 heavy (non-hydrogen) atoms. The molecule has 0 spiro atoms. The number of rotatable bonds is 1. The van der Waals surface area contributed by atoms with Crippen LogP contribution in [0, 0.1) is 0 Å². The molecule has 0 atom stereocenters. The van der Waals surface area contributed by atoms with E-state index in [0.717, 1.165) is 4.60 Å². The van der Waals surface area contributed by atoms with Crippen molar-refractivity contribution in [1.29, 1.82) is 0 Å². The molecule has 0 aliphatic carbocycles. The largest absolute Gasteiger partial charge is 0.294 e. The lowest BCUT2D eigenvalue weighted by Crippen LogP contribution is -1.97. The summed E-state index contributed by atoms with van der Waals surface area (Å²) in [4.78, 5) is 19.1. The zero-order valence-corrected chi connectivity index (χ0v) is 8.45. The second-order valence-corrected chi connectivity index (χ2v) is 3.46. The number of nitrogens with zero attached hydrogens (tertiary/aromatic N) is 3. The Hall–Kier alpha value is -1.23. The monoisotopic (exact) mass is 239 g/mol. The molecule has 0 amide bonds. The first-order valence-corrected chi connectivity index (χ1v) is 4.47. The Morgan fingerprint density at radius 3 is 2.85 bits per heavy atom. The number of ketones is 1. The van der Waals surface area contributed by atoms with E-state index in [4.69, 9.17) is 0 Å². The Bertz CT molecular complexity index is 477. The summed E-state index contributed by atoms with van der Waals surface area (Å²) in [5, 5.41) is 0. The maximum atomic E-state index is 11.0. The smallest absolute Gasteiger partial charge is 0.234 e. The highest BCUT2D eigenvalue weighted by atomic mass is 79.9. The standard InChI is InChI=1S/C8H6BrN3O/c1-5(13)6-2-10-8-11-3-7(9)12(8)4-6/h2-4H,1H3. The van der Waals surface area contributed by atoms with Crippen molar-refractivity contribution in [2.24, 2.45) is 0 Å². The average Bonchev–Trinajstić information content (AvgIpc) is 2.47. The van der Waals surface area contributed by atoms with Gasteiger partial charge in [0.1, 0.15) is 4.60 Å². The molecule has 0 saturated heterocycles. The number of hydrogen-bond donors (Lipinski definition) is 0. The van der Waals surface area contributed by atoms with Crippen molar-refractivity contribution in [3.63, 3.8) is 0 Å². The quantitative estimate of drug-likeness (QED) is 0.712. The normalized spacial score (nSPS) is 10.6. The summed E-state index contributed by atoms with van der Waals surface area (Å²) in [5.41, 5.74) is 0.575. The number of fused-ring (bicyclic) bond motifs is 1. The van der Waals surface area contributed by atoms with Crippen molar-refractivity contribution in [3.8, 4) is 0 Å². The molecule has 0 bridgehead atoms. The van der Waals surface area contributed by atoms with E-state index in [0.29, 0.717) is 11.3 Å². The molecular formula is C8H6BrN3O. The van der Waals surface area contributed by atoms with Gasteiger partial charge in [-0.15, -0.1) is 0 Å². The van der Waals surface area contributed by atoms with E-state index in [-0.39, 0.29) is 5.78 Å². The summed E-state index contributed by atoms with van der Waals surface area (Å²) in [5.74, 6) is 0.576. The fraction of sp³-hybridized carbons (Fsp3) is 0.125. The second-order valence-electron chi connectivity index (χ2n) is 2.65. The number of imidazole rings is 1. The van der Waals surface area contributed by atoms with Gasteiger partial charge in [0.2, 0.25) is 5.78 Å². The van der Waals surface area contributed by atoms with Gasteiger partial charge in [0.05, 0.1) is 11.8 Å². The molecular weight excluding hydrogens is 234 g/mol. The number of carbonyl (C=O) groups is 1. The predicted octanol–water partition coefficient (Wildman–Crippen LogP) is 1.69. The third-order valence-electron chi connectivity index (χ3n) is 1.73. The summed E-state index contributed by atoms with van der Waals surface area (Å²) >= 11 is 3.30. The molecule has 0 unspecified atom stereocenters. The molecule has 0 radical (unpaired) electrons. The van der Waals surface area contributed by atoms with Crippen LogP contribution >= 0.6 is 15.9 Å². The predicted molar refractivity (Wildman–Crippen MR) is 50.7 cm³/mol. The fourth-order valence-electron chi connectivity index (χ4n) is 1.03. The number of aromatic nitrogens is 3. The van der Waals surface area contributed by atoms with Gasteiger partial charge in [0, 0.05) is 12.4 Å². The van der Waals surface area contributed by atoms with Crippen molar-refractivity contribution in [2.75, 3.05) is 0 Å². The molecule has 5 heteroatoms. The molecule has 0 aromatic carbocycles. The molecule has 2 heterocycles. The van der Waals surface area contributed by atoms with Gasteiger partial charge in [0.25, 0.3) is 0 Å². The highest BCUT2D eigenvalue weighted by molar-refractivity contribution is 9.10. The average molecular weight is 240 g/mol. The van der Waals surface area contributed by atoms with Gasteiger partial charge < -0.3 is 0 Å². The molecule has 66 valence electrons. The van der Waals surface area contributed by atoms with Crippen LogP contribution in [-0.2, 0) is 0 Å². The van der Waals surface area contributed by atoms with E-state index in [2.05, 4.69) is 25.9 Å². The van der Waals surface area contributed by atoms with Crippen LogP contribution in [-0.4, -0.2) is 20.2 Å². The van der Waals surface area contributed by atoms with Crippen LogP contribution < -0.4 is 0 Å². The molecule has 0 fully saturated rings. The Morgan fingerprint density at radius 1 is 1.46 bits per heavy atom. The van der Waals surface area contributed by atoms with Crippen LogP contribution in [0.15, 0.2) is 23.2 Å². The minimum atomic E-state index is -0.00463. The lowest BCUT2D eigenvalue weighted by molar-refractivity contribution is 0.101. The van der Waals surface area contributed by atoms with Crippen LogP contribution in [0.5, 0.6) is 0 Å². The Morgan fingerprint density at radius 2 is 2.15 bits per heavy atom. The SMILES string of the molecule is CC(=O)c1cnc2ncc(Br)n2c1. The van der Waals surface area contributed by atoms with Crippen molar-refractivity contribution < 1.29 is 4.79 Å². The van der Waals surface area contributed by atoms with Crippen LogP contribution in [0.1, 0.15) is 17.3 Å². The van der Waals surface area contributed by atoms with E-state index >= 15 is 0 Å². The molecule has 0 saturated carbocycles. The maximum Gasteiger partial charge on any atom is 0.234 e. The second kappa shape index (κ2) is 2.92. The lowest BCUT2D eigenvalue weighted by atomic mass is 10.2. The minimum absolute atomic E-state index is 0.00463. The summed E-state index contributed by atoms with van der Waals surface area (Å²) in [7, 11) is 0. The fourth-order valence-corrected chi connectivity index (χ4v) is 1.39. The summed E-state index contributed by atoms with van der Waals surface area (Å²) < 4.78 is 2.51. The Balaban J connectivity index is 2.72. The van der Waals surface area contributed by atoms with Gasteiger partial charge in [-0.3, -0.25) is 9.20 Å². The number of halogens is 1. The van der Waals surface area contributed by atoms with E-state index in [9.17, 15) is 4.79 Å². The van der Waals surface area contributed by atoms with E-state index in [1.54, 1.807) is 16.8 Å². The van der Waals surface area contributed by atoms with Crippen LogP contribution in [0.4, 0.5) is 0 Å². The summed E-state index contributed by atoms with van der Waals surface area (Å²) in [6, 6.07) is 0. The van der Waals surface area contributed by atoms with E-state index < -0.39 is 0 Å². The van der Waals surface area contributed by atoms with Gasteiger partial charge in [-0.05, 0) is 22.9 Å². The topological polar surface area (TPSA) is 47.3 Å². The lowest BCUT2D eigenvalue weighted by Gasteiger charge is -1.97. The third kappa shape index (κ3) is 1.35. The van der Waals surface area contributed by atoms with Crippen molar-refractivity contribution >= 4 is 27.5 Å². The first-order valence-electron chi connectivity index (χ1n) is 3.68. The summed E-state index contributed by atoms with van der Waals surface area (Å²) in [6.45, 7) is 1.51. The summed E-state index contributed by atoms with van der Waals surface area (Å²) in [6.07, 6.45) is 4.88. The van der Waals surface area contributed by atoms with Gasteiger partial charge in [-0.1, -0.05) is 0 Å². The molecule has 0 aliphatic heterocycles. The molecule has 0 N–H and O–H groups in total. The van der Waals surface area contributed by atoms with Gasteiger partial charge in [-0.25, -0.2) is 9.97 Å². The zero-order chi connectivity index (χ0) is 9.42. The van der Waals surface area contributed by atoms with E-state index in [1.165, 1.54) is 13.1 Å². The zero-order valence-electron chi connectivity index (χ0n) is 6.86. The van der Waals surface area contributed by atoms with Crippen molar-refractivity contribution in [2.45, 2.75) is 6.92 Å². The minimum Gasteiger partial charge on any atom is -0.294 e. The van der Waals surface area contributed by atoms with Crippen LogP contribution in [0.2, 0.25) is 0 Å². The third-order valence-corrected chi connectivity index (χ3v) is 2.31. The Kier molecular flexibility index (Phi) is 1.88. The van der Waals surface area contributed by atoms with E-state index in [1.807, 2.05) is 0 Å². The highest BCUT2D eigenvalue weighted by Crippen LogP contribution is 2.11. The van der Waals surface area contributed by atoms with Gasteiger partial charge in [-0.2, -0.15) is 0 Å². The van der Waals surface area contributed by atoms with Crippen LogP contribution in [0.25, 0.3) is 5.78 Å². The van der Waals surface area contributed by atoms with Crippen molar-refractivity contribution in [3.05, 3.63) is 28.8 Å². The Labute approximate surface area is 82.7 Å². The van der Waals surface area contributed by atoms with Crippen molar-refractivity contribution in [1.82, 2.24) is 14.4 Å². The van der Waals surface area contributed by atoms with Crippen LogP contribution in [0.3, 0.4) is 0 Å². The molecule has 2 aromatic rings. The maximum absolute atomic E-state index is 11.0. The first kappa shape index (κ1) is 8.37. The van der Waals surface area contributed by atoms with Gasteiger partial charge >= 0.3 is 0 Å². The highest BCUT2D eigenvalue weighted by Gasteiger charge is 2.04. The number of Topliss-reactive ketones (excluding diaryl/α,β-unsaturated/α-hetero) is 1.